The van der Waals surface area contributed by atoms with Gasteiger partial charge in [-0.25, -0.2) is 0 Å². The molecule has 1 aromatic heterocycles. The van der Waals surface area contributed by atoms with Gasteiger partial charge in [0.1, 0.15) is 0 Å². The zero-order chi connectivity index (χ0) is 19.6. The molecule has 0 aliphatic heterocycles. The van der Waals surface area contributed by atoms with E-state index in [0.717, 1.165) is 33.9 Å². The summed E-state index contributed by atoms with van der Waals surface area (Å²) in [5.74, 6) is 0. The van der Waals surface area contributed by atoms with Crippen LogP contribution in [0, 0.1) is 20.8 Å². The minimum atomic E-state index is 0.527. The number of halogens is 2. The smallest absolute Gasteiger partial charge is 0.175 e. The molecule has 27 heavy (non-hydrogen) atoms. The predicted octanol–water partition coefficient (Wildman–Crippen LogP) is 5.97. The summed E-state index contributed by atoms with van der Waals surface area (Å²) in [6, 6.07) is 13.5. The molecule has 7 heteroatoms. The number of rotatable bonds is 4. The van der Waals surface area contributed by atoms with Crippen LogP contribution in [0.3, 0.4) is 0 Å². The van der Waals surface area contributed by atoms with Crippen LogP contribution in [-0.4, -0.2) is 14.9 Å². The molecular formula is C20H20Cl2N4S. The van der Waals surface area contributed by atoms with Crippen LogP contribution in [0.25, 0.3) is 0 Å². The van der Waals surface area contributed by atoms with Crippen molar-refractivity contribution in [2.45, 2.75) is 27.3 Å². The fourth-order valence-electron chi connectivity index (χ4n) is 2.82. The van der Waals surface area contributed by atoms with E-state index >= 15 is 0 Å². The molecule has 0 unspecified atom stereocenters. The quantitative estimate of drug-likeness (QED) is 0.511. The van der Waals surface area contributed by atoms with Gasteiger partial charge in [-0.3, -0.25) is 4.68 Å². The highest BCUT2D eigenvalue weighted by Gasteiger charge is 2.14. The van der Waals surface area contributed by atoms with Crippen molar-refractivity contribution in [3.8, 4) is 0 Å². The lowest BCUT2D eigenvalue weighted by Gasteiger charge is -2.13. The van der Waals surface area contributed by atoms with Gasteiger partial charge in [0, 0.05) is 15.7 Å². The van der Waals surface area contributed by atoms with Crippen LogP contribution in [0.2, 0.25) is 10.0 Å². The topological polar surface area (TPSA) is 41.9 Å². The second-order valence-corrected chi connectivity index (χ2v) is 7.59. The molecule has 4 nitrogen and oxygen atoms in total. The SMILES string of the molecule is Cc1ccccc1NC(=S)Nc1c(C)nn(Cc2ccc(Cl)cc2Cl)c1C. The van der Waals surface area contributed by atoms with Crippen LogP contribution in [0.5, 0.6) is 0 Å². The van der Waals surface area contributed by atoms with Gasteiger partial charge in [-0.05, 0) is 62.3 Å². The summed E-state index contributed by atoms with van der Waals surface area (Å²) >= 11 is 17.7. The summed E-state index contributed by atoms with van der Waals surface area (Å²) < 4.78 is 1.91. The molecule has 2 aromatic carbocycles. The Balaban J connectivity index is 1.77. The van der Waals surface area contributed by atoms with Crippen molar-refractivity contribution in [2.75, 3.05) is 10.6 Å². The summed E-state index contributed by atoms with van der Waals surface area (Å²) in [7, 11) is 0. The summed E-state index contributed by atoms with van der Waals surface area (Å²) in [5, 5.41) is 12.9. The van der Waals surface area contributed by atoms with Crippen LogP contribution in [-0.2, 0) is 6.54 Å². The number of benzene rings is 2. The Morgan fingerprint density at radius 2 is 1.81 bits per heavy atom. The van der Waals surface area contributed by atoms with Crippen LogP contribution in [0.4, 0.5) is 11.4 Å². The number of thiocarbonyl (C=S) groups is 1. The average Bonchev–Trinajstić information content (AvgIpc) is 2.87. The van der Waals surface area contributed by atoms with Gasteiger partial charge < -0.3 is 10.6 Å². The predicted molar refractivity (Wildman–Crippen MR) is 118 cm³/mol. The minimum absolute atomic E-state index is 0.527. The molecule has 0 saturated carbocycles. The lowest BCUT2D eigenvalue weighted by atomic mass is 10.2. The number of hydrogen-bond acceptors (Lipinski definition) is 2. The van der Waals surface area contributed by atoms with Gasteiger partial charge in [-0.15, -0.1) is 0 Å². The first kappa shape index (κ1) is 19.7. The second kappa shape index (κ2) is 8.30. The van der Waals surface area contributed by atoms with Crippen molar-refractivity contribution in [3.63, 3.8) is 0 Å². The van der Waals surface area contributed by atoms with Gasteiger partial charge in [0.15, 0.2) is 5.11 Å². The van der Waals surface area contributed by atoms with E-state index in [4.69, 9.17) is 35.4 Å². The molecule has 0 atom stereocenters. The normalized spacial score (nSPS) is 10.7. The van der Waals surface area contributed by atoms with Crippen molar-refractivity contribution >= 4 is 51.9 Å². The maximum atomic E-state index is 6.30. The molecule has 3 rings (SSSR count). The molecule has 0 spiro atoms. The number of aromatic nitrogens is 2. The lowest BCUT2D eigenvalue weighted by molar-refractivity contribution is 0.659. The Labute approximate surface area is 174 Å². The van der Waals surface area contributed by atoms with E-state index in [9.17, 15) is 0 Å². The van der Waals surface area contributed by atoms with Crippen LogP contribution in [0.1, 0.15) is 22.5 Å². The Bertz CT molecular complexity index is 998. The van der Waals surface area contributed by atoms with Gasteiger partial charge >= 0.3 is 0 Å². The second-order valence-electron chi connectivity index (χ2n) is 6.33. The molecule has 3 aromatic rings. The molecule has 0 amide bonds. The highest BCUT2D eigenvalue weighted by Crippen LogP contribution is 2.25. The van der Waals surface area contributed by atoms with Gasteiger partial charge in [-0.2, -0.15) is 5.10 Å². The molecule has 1 heterocycles. The number of nitrogens with zero attached hydrogens (tertiary/aromatic N) is 2. The molecule has 140 valence electrons. The Hall–Kier alpha value is -2.08. The fraction of sp³-hybridized carbons (Fsp3) is 0.200. The van der Waals surface area contributed by atoms with E-state index in [0.29, 0.717) is 21.7 Å². The van der Waals surface area contributed by atoms with Crippen LogP contribution < -0.4 is 10.6 Å². The van der Waals surface area contributed by atoms with Gasteiger partial charge in [0.2, 0.25) is 0 Å². The first-order valence-electron chi connectivity index (χ1n) is 8.46. The molecule has 0 aliphatic rings. The molecular weight excluding hydrogens is 399 g/mol. The Morgan fingerprint density at radius 1 is 1.07 bits per heavy atom. The molecule has 0 radical (unpaired) electrons. The number of anilines is 2. The van der Waals surface area contributed by atoms with Crippen molar-refractivity contribution in [2.24, 2.45) is 0 Å². The zero-order valence-electron chi connectivity index (χ0n) is 15.3. The highest BCUT2D eigenvalue weighted by atomic mass is 35.5. The number of para-hydroxylation sites is 1. The zero-order valence-corrected chi connectivity index (χ0v) is 17.6. The van der Waals surface area contributed by atoms with E-state index < -0.39 is 0 Å². The third-order valence-electron chi connectivity index (χ3n) is 4.35. The Morgan fingerprint density at radius 3 is 2.52 bits per heavy atom. The van der Waals surface area contributed by atoms with E-state index in [-0.39, 0.29) is 0 Å². The maximum Gasteiger partial charge on any atom is 0.175 e. The largest absolute Gasteiger partial charge is 0.332 e. The first-order chi connectivity index (χ1) is 12.8. The van der Waals surface area contributed by atoms with E-state index in [1.807, 2.05) is 61.9 Å². The lowest BCUT2D eigenvalue weighted by Crippen LogP contribution is -2.20. The van der Waals surface area contributed by atoms with Crippen molar-refractivity contribution in [1.82, 2.24) is 9.78 Å². The van der Waals surface area contributed by atoms with Crippen LogP contribution in [0.15, 0.2) is 42.5 Å². The number of hydrogen-bond donors (Lipinski definition) is 2. The maximum absolute atomic E-state index is 6.30. The van der Waals surface area contributed by atoms with Crippen molar-refractivity contribution in [1.29, 1.82) is 0 Å². The monoisotopic (exact) mass is 418 g/mol. The van der Waals surface area contributed by atoms with Crippen LogP contribution >= 0.6 is 35.4 Å². The van der Waals surface area contributed by atoms with E-state index in [2.05, 4.69) is 15.7 Å². The summed E-state index contributed by atoms with van der Waals surface area (Å²) in [5.41, 5.74) is 5.80. The van der Waals surface area contributed by atoms with E-state index in [1.165, 1.54) is 0 Å². The minimum Gasteiger partial charge on any atom is -0.332 e. The Kier molecular flexibility index (Phi) is 6.05. The van der Waals surface area contributed by atoms with Gasteiger partial charge in [-0.1, -0.05) is 47.5 Å². The van der Waals surface area contributed by atoms with Crippen molar-refractivity contribution in [3.05, 3.63) is 75.0 Å². The molecule has 0 fully saturated rings. The molecule has 0 bridgehead atoms. The van der Waals surface area contributed by atoms with Crippen molar-refractivity contribution < 1.29 is 0 Å². The van der Waals surface area contributed by atoms with Gasteiger partial charge in [0.05, 0.1) is 23.6 Å². The average molecular weight is 419 g/mol. The van der Waals surface area contributed by atoms with Gasteiger partial charge in [0.25, 0.3) is 0 Å². The number of nitrogens with one attached hydrogen (secondary N) is 2. The third kappa shape index (κ3) is 4.61. The summed E-state index contributed by atoms with van der Waals surface area (Å²) in [4.78, 5) is 0. The molecule has 2 N–H and O–H groups in total. The summed E-state index contributed by atoms with van der Waals surface area (Å²) in [6.07, 6.45) is 0. The summed E-state index contributed by atoms with van der Waals surface area (Å²) in [6.45, 7) is 6.55. The third-order valence-corrected chi connectivity index (χ3v) is 5.14. The molecule has 0 aliphatic carbocycles. The van der Waals surface area contributed by atoms with E-state index in [1.54, 1.807) is 6.07 Å². The molecule has 0 saturated heterocycles. The first-order valence-corrected chi connectivity index (χ1v) is 9.63. The standard InChI is InChI=1S/C20H20Cl2N4S/c1-12-6-4-5-7-18(12)23-20(27)24-19-13(2)25-26(14(19)3)11-15-8-9-16(21)10-17(15)22/h4-10H,11H2,1-3H3,(H2,23,24,27). The number of aryl methyl sites for hydroxylation is 2. The highest BCUT2D eigenvalue weighted by molar-refractivity contribution is 7.80. The fourth-order valence-corrected chi connectivity index (χ4v) is 3.50.